The van der Waals surface area contributed by atoms with Crippen LogP contribution in [0.3, 0.4) is 0 Å². The van der Waals surface area contributed by atoms with E-state index in [1.165, 1.54) is 0 Å². The summed E-state index contributed by atoms with van der Waals surface area (Å²) in [4.78, 5) is 39.9. The summed E-state index contributed by atoms with van der Waals surface area (Å²) < 4.78 is 6.10. The van der Waals surface area contributed by atoms with Crippen molar-refractivity contribution >= 4 is 28.5 Å². The number of hydrogen-bond acceptors (Lipinski definition) is 6. The smallest absolute Gasteiger partial charge is 0.242 e. The zero-order valence-electron chi connectivity index (χ0n) is 20.3. The molecule has 1 N–H and O–H groups in total. The Morgan fingerprint density at radius 3 is 2.89 bits per heavy atom. The zero-order valence-corrected chi connectivity index (χ0v) is 20.3. The first-order chi connectivity index (χ1) is 16.8. The molecule has 1 spiro atoms. The number of carbonyl (C=O) groups excluding carboxylic acids is 2. The number of amides is 2. The number of anilines is 1. The van der Waals surface area contributed by atoms with Crippen LogP contribution in [-0.4, -0.2) is 62.1 Å². The molecule has 5 heterocycles. The highest BCUT2D eigenvalue weighted by Crippen LogP contribution is 2.53. The van der Waals surface area contributed by atoms with Gasteiger partial charge in [-0.1, -0.05) is 20.8 Å². The monoisotopic (exact) mass is 474 g/mol. The fourth-order valence-corrected chi connectivity index (χ4v) is 6.02. The van der Waals surface area contributed by atoms with Gasteiger partial charge in [0, 0.05) is 37.7 Å². The van der Waals surface area contributed by atoms with Crippen molar-refractivity contribution < 1.29 is 14.3 Å². The van der Waals surface area contributed by atoms with Gasteiger partial charge < -0.3 is 14.5 Å². The molecule has 0 aromatic carbocycles. The highest BCUT2D eigenvalue weighted by Gasteiger charge is 2.61. The average Bonchev–Trinajstić information content (AvgIpc) is 3.52. The van der Waals surface area contributed by atoms with Crippen molar-refractivity contribution in [3.8, 4) is 5.88 Å². The molecule has 3 aromatic heterocycles. The quantitative estimate of drug-likeness (QED) is 0.623. The van der Waals surface area contributed by atoms with Crippen LogP contribution in [-0.2, 0) is 15.0 Å². The first-order valence-electron chi connectivity index (χ1n) is 12.3. The third-order valence-electron chi connectivity index (χ3n) is 7.76. The summed E-state index contributed by atoms with van der Waals surface area (Å²) in [5.74, 6) is 0.469. The summed E-state index contributed by atoms with van der Waals surface area (Å²) in [7, 11) is 0. The van der Waals surface area contributed by atoms with Crippen molar-refractivity contribution in [2.45, 2.75) is 64.0 Å². The van der Waals surface area contributed by atoms with Gasteiger partial charge in [-0.25, -0.2) is 4.98 Å². The van der Waals surface area contributed by atoms with Crippen LogP contribution < -0.4 is 9.64 Å². The van der Waals surface area contributed by atoms with Gasteiger partial charge in [0.05, 0.1) is 23.1 Å². The molecule has 35 heavy (non-hydrogen) atoms. The number of fused-ring (bicyclic) bond motifs is 3. The minimum absolute atomic E-state index is 0.00682. The molecule has 9 heteroatoms. The molecule has 182 valence electrons. The molecular formula is C26H30N6O3. The van der Waals surface area contributed by atoms with E-state index in [1.54, 1.807) is 23.4 Å². The minimum atomic E-state index is -0.740. The molecule has 2 amide bonds. The number of rotatable bonds is 4. The topological polar surface area (TPSA) is 104 Å². The van der Waals surface area contributed by atoms with Gasteiger partial charge in [0.25, 0.3) is 0 Å². The lowest BCUT2D eigenvalue weighted by atomic mass is 9.65. The van der Waals surface area contributed by atoms with E-state index in [4.69, 9.17) is 4.74 Å². The van der Waals surface area contributed by atoms with Crippen LogP contribution in [0, 0.1) is 5.41 Å². The second-order valence-electron chi connectivity index (χ2n) is 11.1. The van der Waals surface area contributed by atoms with Crippen LogP contribution in [0.5, 0.6) is 5.88 Å². The Balaban J connectivity index is 1.20. The average molecular weight is 475 g/mol. The Morgan fingerprint density at radius 1 is 1.26 bits per heavy atom. The highest BCUT2D eigenvalue weighted by molar-refractivity contribution is 6.10. The predicted molar refractivity (Wildman–Crippen MR) is 130 cm³/mol. The van der Waals surface area contributed by atoms with Gasteiger partial charge in [-0.3, -0.25) is 19.7 Å². The predicted octanol–water partition coefficient (Wildman–Crippen LogP) is 3.22. The molecule has 6 rings (SSSR count). The minimum Gasteiger partial charge on any atom is -0.474 e. The first-order valence-corrected chi connectivity index (χ1v) is 12.3. The van der Waals surface area contributed by atoms with E-state index in [2.05, 4.69) is 40.9 Å². The number of carbonyl (C=O) groups is 2. The second kappa shape index (κ2) is 7.76. The van der Waals surface area contributed by atoms with Crippen molar-refractivity contribution in [1.82, 2.24) is 25.1 Å². The van der Waals surface area contributed by atoms with Gasteiger partial charge in [-0.05, 0) is 36.5 Å². The van der Waals surface area contributed by atoms with Crippen molar-refractivity contribution in [2.75, 3.05) is 18.0 Å². The van der Waals surface area contributed by atoms with E-state index in [-0.39, 0.29) is 35.9 Å². The molecular weight excluding hydrogens is 444 g/mol. The van der Waals surface area contributed by atoms with Gasteiger partial charge in [-0.15, -0.1) is 0 Å². The summed E-state index contributed by atoms with van der Waals surface area (Å²) in [6.07, 6.45) is 6.26. The summed E-state index contributed by atoms with van der Waals surface area (Å²) in [6, 6.07) is 7.61. The second-order valence-corrected chi connectivity index (χ2v) is 11.1. The van der Waals surface area contributed by atoms with E-state index in [9.17, 15) is 9.59 Å². The molecule has 2 fully saturated rings. The molecule has 1 saturated carbocycles. The SMILES string of the molecule is CC(C)(C)C1CCCN1C(=O)CN1C(=O)C2(CC(Oc3ccc4[nH]ncc4n3)C2)c2ncccc21. The molecule has 0 radical (unpaired) electrons. The number of pyridine rings is 2. The Hall–Kier alpha value is -3.49. The summed E-state index contributed by atoms with van der Waals surface area (Å²) in [6.45, 7) is 7.32. The third-order valence-corrected chi connectivity index (χ3v) is 7.76. The van der Waals surface area contributed by atoms with Crippen LogP contribution in [0.15, 0.2) is 36.7 Å². The Kier molecular flexibility index (Phi) is 4.88. The number of ether oxygens (including phenoxy) is 1. The van der Waals surface area contributed by atoms with Crippen molar-refractivity contribution in [3.05, 3.63) is 42.4 Å². The largest absolute Gasteiger partial charge is 0.474 e. The van der Waals surface area contributed by atoms with Crippen molar-refractivity contribution in [1.29, 1.82) is 0 Å². The standard InChI is InChI=1S/C26H30N6O3/c1-25(2,3)20-7-5-11-31(20)22(33)15-32-19-6-4-10-27-23(19)26(24(32)34)12-16(13-26)35-21-9-8-17-18(29-21)14-28-30-17/h4,6,8-10,14,16,20H,5,7,11-13,15H2,1-3H3,(H,28,30). The van der Waals surface area contributed by atoms with Crippen LogP contribution >= 0.6 is 0 Å². The number of aromatic nitrogens is 4. The molecule has 3 aromatic rings. The fourth-order valence-electron chi connectivity index (χ4n) is 6.02. The number of likely N-dealkylation sites (tertiary alicyclic amines) is 1. The van der Waals surface area contributed by atoms with E-state index in [0.29, 0.717) is 18.7 Å². The number of hydrogen-bond donors (Lipinski definition) is 1. The van der Waals surface area contributed by atoms with Crippen LogP contribution in [0.1, 0.15) is 52.1 Å². The zero-order chi connectivity index (χ0) is 24.4. The Bertz CT molecular complexity index is 1310. The molecule has 1 aliphatic carbocycles. The number of H-pyrrole nitrogens is 1. The maximum atomic E-state index is 13.8. The Labute approximate surface area is 203 Å². The van der Waals surface area contributed by atoms with Crippen LogP contribution in [0.2, 0.25) is 0 Å². The summed E-state index contributed by atoms with van der Waals surface area (Å²) in [5, 5.41) is 6.87. The molecule has 0 bridgehead atoms. The summed E-state index contributed by atoms with van der Waals surface area (Å²) >= 11 is 0. The van der Waals surface area contributed by atoms with E-state index in [1.807, 2.05) is 23.1 Å². The Morgan fingerprint density at radius 2 is 2.09 bits per heavy atom. The maximum Gasteiger partial charge on any atom is 0.242 e. The lowest BCUT2D eigenvalue weighted by Gasteiger charge is -2.42. The van der Waals surface area contributed by atoms with Crippen molar-refractivity contribution in [3.63, 3.8) is 0 Å². The third kappa shape index (κ3) is 3.47. The number of nitrogens with zero attached hydrogens (tertiary/aromatic N) is 5. The van der Waals surface area contributed by atoms with Gasteiger partial charge in [0.15, 0.2) is 0 Å². The lowest BCUT2D eigenvalue weighted by molar-refractivity contribution is -0.136. The molecule has 1 atom stereocenters. The van der Waals surface area contributed by atoms with E-state index < -0.39 is 5.41 Å². The molecule has 1 saturated heterocycles. The highest BCUT2D eigenvalue weighted by atomic mass is 16.5. The fraction of sp³-hybridized carbons (Fsp3) is 0.500. The van der Waals surface area contributed by atoms with Gasteiger partial charge in [0.2, 0.25) is 17.7 Å². The van der Waals surface area contributed by atoms with Gasteiger partial charge >= 0.3 is 0 Å². The van der Waals surface area contributed by atoms with Gasteiger partial charge in [-0.2, -0.15) is 5.10 Å². The van der Waals surface area contributed by atoms with Gasteiger partial charge in [0.1, 0.15) is 23.6 Å². The maximum absolute atomic E-state index is 13.8. The van der Waals surface area contributed by atoms with Crippen LogP contribution in [0.25, 0.3) is 11.0 Å². The lowest BCUT2D eigenvalue weighted by Crippen LogP contribution is -2.55. The molecule has 9 nitrogen and oxygen atoms in total. The number of aromatic amines is 1. The van der Waals surface area contributed by atoms with E-state index >= 15 is 0 Å². The van der Waals surface area contributed by atoms with Crippen molar-refractivity contribution in [2.24, 2.45) is 5.41 Å². The number of nitrogens with one attached hydrogen (secondary N) is 1. The first kappa shape index (κ1) is 22.0. The molecule has 3 aliphatic rings. The molecule has 2 aliphatic heterocycles. The van der Waals surface area contributed by atoms with Crippen LogP contribution in [0.4, 0.5) is 5.69 Å². The normalized spacial score (nSPS) is 25.9. The summed E-state index contributed by atoms with van der Waals surface area (Å²) in [5.41, 5.74) is 2.35. The molecule has 1 unspecified atom stereocenters. The van der Waals surface area contributed by atoms with E-state index in [0.717, 1.165) is 41.8 Å².